The Morgan fingerprint density at radius 3 is 2.31 bits per heavy atom. The molecule has 2 amide bonds. The van der Waals surface area contributed by atoms with Gasteiger partial charge in [0.2, 0.25) is 0 Å². The molecule has 11 heteroatoms. The zero-order valence-electron chi connectivity index (χ0n) is 17.6. The van der Waals surface area contributed by atoms with Crippen LogP contribution in [0.15, 0.2) is 41.3 Å². The Morgan fingerprint density at radius 2 is 1.75 bits per heavy atom. The first kappa shape index (κ1) is 23.4. The fourth-order valence-corrected chi connectivity index (χ4v) is 4.15. The normalized spacial score (nSPS) is 15.1. The number of hydrogen-bond acceptors (Lipinski definition) is 8. The molecule has 1 heterocycles. The molecule has 1 unspecified atom stereocenters. The maximum absolute atomic E-state index is 12.5. The van der Waals surface area contributed by atoms with Gasteiger partial charge in [0.25, 0.3) is 17.5 Å². The van der Waals surface area contributed by atoms with Crippen molar-refractivity contribution in [1.82, 2.24) is 10.9 Å². The van der Waals surface area contributed by atoms with E-state index in [-0.39, 0.29) is 22.9 Å². The zero-order valence-corrected chi connectivity index (χ0v) is 18.4. The lowest BCUT2D eigenvalue weighted by molar-refractivity contribution is -0.387. The molecule has 0 aliphatic carbocycles. The first-order chi connectivity index (χ1) is 15.4. The van der Waals surface area contributed by atoms with Crippen LogP contribution < -0.4 is 20.3 Å². The largest absolute Gasteiger partial charge is 0.497 e. The molecule has 1 fully saturated rings. The minimum absolute atomic E-state index is 0.0432. The molecule has 2 N–H and O–H groups in total. The smallest absolute Gasteiger partial charge is 0.283 e. The quantitative estimate of drug-likeness (QED) is 0.349. The molecule has 32 heavy (non-hydrogen) atoms. The standard InChI is InChI=1S/C21H23N3O7S/c1-29-16-8-14(9-17(11-16)30-2)21(26)23-22-20(25)13-5-6-19(18(10-13)24(27)28)32-12-15-4-3-7-31-15/h5-6,8-11,15H,3-4,7,12H2,1-2H3,(H,22,25)(H,23,26). The van der Waals surface area contributed by atoms with Crippen LogP contribution in [0, 0.1) is 10.1 Å². The molecule has 1 atom stereocenters. The zero-order chi connectivity index (χ0) is 23.1. The number of hydrazine groups is 1. The number of nitro benzene ring substituents is 1. The van der Waals surface area contributed by atoms with Gasteiger partial charge in [0.05, 0.1) is 30.1 Å². The van der Waals surface area contributed by atoms with E-state index in [1.54, 1.807) is 6.07 Å². The van der Waals surface area contributed by atoms with Gasteiger partial charge in [0, 0.05) is 35.6 Å². The average Bonchev–Trinajstić information content (AvgIpc) is 3.34. The van der Waals surface area contributed by atoms with Crippen LogP contribution in [0.4, 0.5) is 5.69 Å². The molecule has 1 aliphatic heterocycles. The molecular weight excluding hydrogens is 438 g/mol. The third kappa shape index (κ3) is 5.89. The molecule has 0 bridgehead atoms. The Bertz CT molecular complexity index is 987. The number of benzene rings is 2. The summed E-state index contributed by atoms with van der Waals surface area (Å²) in [4.78, 5) is 36.3. The third-order valence-electron chi connectivity index (χ3n) is 4.77. The van der Waals surface area contributed by atoms with Crippen molar-refractivity contribution in [3.05, 3.63) is 57.6 Å². The van der Waals surface area contributed by atoms with Crippen molar-refractivity contribution in [3.63, 3.8) is 0 Å². The van der Waals surface area contributed by atoms with Gasteiger partial charge in [-0.25, -0.2) is 0 Å². The highest BCUT2D eigenvalue weighted by Crippen LogP contribution is 2.32. The summed E-state index contributed by atoms with van der Waals surface area (Å²) in [5.41, 5.74) is 4.62. The molecule has 170 valence electrons. The van der Waals surface area contributed by atoms with E-state index >= 15 is 0 Å². The van der Waals surface area contributed by atoms with Crippen molar-refractivity contribution < 1.29 is 28.7 Å². The summed E-state index contributed by atoms with van der Waals surface area (Å²) in [5, 5.41) is 11.5. The van der Waals surface area contributed by atoms with Gasteiger partial charge in [0.15, 0.2) is 0 Å². The van der Waals surface area contributed by atoms with Crippen LogP contribution in [-0.4, -0.2) is 49.4 Å². The number of amides is 2. The number of nitrogens with one attached hydrogen (secondary N) is 2. The number of rotatable bonds is 8. The van der Waals surface area contributed by atoms with Gasteiger partial charge >= 0.3 is 0 Å². The molecule has 2 aromatic rings. The number of carbonyl (C=O) groups is 2. The van der Waals surface area contributed by atoms with Gasteiger partial charge in [-0.2, -0.15) is 0 Å². The van der Waals surface area contributed by atoms with E-state index in [1.165, 1.54) is 56.3 Å². The Hall–Kier alpha value is -3.31. The van der Waals surface area contributed by atoms with Gasteiger partial charge in [-0.15, -0.1) is 11.8 Å². The van der Waals surface area contributed by atoms with Crippen LogP contribution in [0.2, 0.25) is 0 Å². The molecule has 0 spiro atoms. The van der Waals surface area contributed by atoms with Crippen molar-refractivity contribution in [3.8, 4) is 11.5 Å². The second kappa shape index (κ2) is 10.8. The molecule has 10 nitrogen and oxygen atoms in total. The second-order valence-corrected chi connectivity index (χ2v) is 7.96. The molecular formula is C21H23N3O7S. The predicted molar refractivity (Wildman–Crippen MR) is 117 cm³/mol. The van der Waals surface area contributed by atoms with E-state index in [0.29, 0.717) is 28.8 Å². The number of thioether (sulfide) groups is 1. The Labute approximate surface area is 188 Å². The third-order valence-corrected chi connectivity index (χ3v) is 5.96. The van der Waals surface area contributed by atoms with E-state index in [1.807, 2.05) is 0 Å². The van der Waals surface area contributed by atoms with Gasteiger partial charge in [0.1, 0.15) is 11.5 Å². The first-order valence-electron chi connectivity index (χ1n) is 9.78. The highest BCUT2D eigenvalue weighted by atomic mass is 32.2. The van der Waals surface area contributed by atoms with Crippen LogP contribution in [0.1, 0.15) is 33.6 Å². The molecule has 0 aromatic heterocycles. The highest BCUT2D eigenvalue weighted by molar-refractivity contribution is 7.99. The summed E-state index contributed by atoms with van der Waals surface area (Å²) in [6.07, 6.45) is 1.99. The SMILES string of the molecule is COc1cc(OC)cc(C(=O)NNC(=O)c2ccc(SCC3CCCO3)c([N+](=O)[O-])c2)c1. The highest BCUT2D eigenvalue weighted by Gasteiger charge is 2.21. The summed E-state index contributed by atoms with van der Waals surface area (Å²) < 4.78 is 15.8. The first-order valence-corrected chi connectivity index (χ1v) is 10.8. The summed E-state index contributed by atoms with van der Waals surface area (Å²) in [6.45, 7) is 0.709. The summed E-state index contributed by atoms with van der Waals surface area (Å²) in [7, 11) is 2.90. The van der Waals surface area contributed by atoms with Crippen molar-refractivity contribution in [2.45, 2.75) is 23.8 Å². The number of hydrogen-bond donors (Lipinski definition) is 2. The number of ether oxygens (including phenoxy) is 3. The predicted octanol–water partition coefficient (Wildman–Crippen LogP) is 2.96. The fraction of sp³-hybridized carbons (Fsp3) is 0.333. The maximum atomic E-state index is 12.5. The summed E-state index contributed by atoms with van der Waals surface area (Å²) in [6, 6.07) is 8.76. The fourth-order valence-electron chi connectivity index (χ4n) is 3.08. The van der Waals surface area contributed by atoms with Gasteiger partial charge in [-0.1, -0.05) is 0 Å². The lowest BCUT2D eigenvalue weighted by atomic mass is 10.2. The summed E-state index contributed by atoms with van der Waals surface area (Å²) in [5.74, 6) is 0.132. The molecule has 3 rings (SSSR count). The number of nitro groups is 1. The van der Waals surface area contributed by atoms with Gasteiger partial charge in [-0.05, 0) is 37.1 Å². The molecule has 2 aromatic carbocycles. The van der Waals surface area contributed by atoms with Gasteiger partial charge < -0.3 is 14.2 Å². The minimum Gasteiger partial charge on any atom is -0.497 e. The lowest BCUT2D eigenvalue weighted by Crippen LogP contribution is -2.41. The minimum atomic E-state index is -0.688. The van der Waals surface area contributed by atoms with Crippen LogP contribution >= 0.6 is 11.8 Å². The van der Waals surface area contributed by atoms with Gasteiger partial charge in [-0.3, -0.25) is 30.6 Å². The lowest BCUT2D eigenvalue weighted by Gasteiger charge is -2.11. The average molecular weight is 461 g/mol. The van der Waals surface area contributed by atoms with Crippen LogP contribution in [0.25, 0.3) is 0 Å². The van der Waals surface area contributed by atoms with E-state index < -0.39 is 16.7 Å². The summed E-state index contributed by atoms with van der Waals surface area (Å²) >= 11 is 1.32. The second-order valence-electron chi connectivity index (χ2n) is 6.90. The Kier molecular flexibility index (Phi) is 7.90. The number of carbonyl (C=O) groups excluding carboxylic acids is 2. The van der Waals surface area contributed by atoms with E-state index in [2.05, 4.69) is 10.9 Å². The van der Waals surface area contributed by atoms with Crippen molar-refractivity contribution >= 4 is 29.3 Å². The maximum Gasteiger partial charge on any atom is 0.283 e. The molecule has 1 saturated heterocycles. The van der Waals surface area contributed by atoms with E-state index in [4.69, 9.17) is 14.2 Å². The van der Waals surface area contributed by atoms with Crippen LogP contribution in [0.5, 0.6) is 11.5 Å². The van der Waals surface area contributed by atoms with Crippen LogP contribution in [-0.2, 0) is 4.74 Å². The topological polar surface area (TPSA) is 129 Å². The van der Waals surface area contributed by atoms with E-state index in [9.17, 15) is 19.7 Å². The van der Waals surface area contributed by atoms with Crippen molar-refractivity contribution in [2.75, 3.05) is 26.6 Å². The molecule has 0 radical (unpaired) electrons. The Balaban J connectivity index is 1.66. The molecule has 0 saturated carbocycles. The number of nitrogens with zero attached hydrogens (tertiary/aromatic N) is 1. The van der Waals surface area contributed by atoms with Crippen molar-refractivity contribution in [1.29, 1.82) is 0 Å². The van der Waals surface area contributed by atoms with Crippen molar-refractivity contribution in [2.24, 2.45) is 0 Å². The van der Waals surface area contributed by atoms with Crippen LogP contribution in [0.3, 0.4) is 0 Å². The number of methoxy groups -OCH3 is 2. The monoisotopic (exact) mass is 461 g/mol. The molecule has 1 aliphatic rings. The Morgan fingerprint density at radius 1 is 1.09 bits per heavy atom. The van der Waals surface area contributed by atoms with E-state index in [0.717, 1.165) is 12.8 Å².